The number of rotatable bonds is 5. The van der Waals surface area contributed by atoms with Gasteiger partial charge in [-0.05, 0) is 36.6 Å². The smallest absolute Gasteiger partial charge is 0.338 e. The molecular weight excluding hydrogens is 280 g/mol. The van der Waals surface area contributed by atoms with Gasteiger partial charge in [0.25, 0.3) is 0 Å². The van der Waals surface area contributed by atoms with Crippen molar-refractivity contribution in [1.82, 2.24) is 0 Å². The van der Waals surface area contributed by atoms with Crippen LogP contribution in [0, 0.1) is 13.8 Å². The molecule has 0 spiro atoms. The van der Waals surface area contributed by atoms with Gasteiger partial charge in [0.05, 0.1) is 14.7 Å². The molecule has 0 amide bonds. The summed E-state index contributed by atoms with van der Waals surface area (Å²) in [5.74, 6) is -1.71. The maximum absolute atomic E-state index is 12.2. The van der Waals surface area contributed by atoms with E-state index in [0.717, 1.165) is 5.56 Å². The summed E-state index contributed by atoms with van der Waals surface area (Å²) >= 11 is 0. The van der Waals surface area contributed by atoms with Gasteiger partial charge in [-0.1, -0.05) is 42.0 Å². The van der Waals surface area contributed by atoms with E-state index in [0.29, 0.717) is 16.7 Å². The first kappa shape index (κ1) is 13.1. The summed E-state index contributed by atoms with van der Waals surface area (Å²) in [6.45, 7) is 1.36. The lowest BCUT2D eigenvalue weighted by Gasteiger charge is -2.08. The van der Waals surface area contributed by atoms with Crippen LogP contribution in [0.4, 0.5) is 0 Å². The van der Waals surface area contributed by atoms with Gasteiger partial charge in [0, 0.05) is 0 Å². The molecule has 22 heavy (non-hydrogen) atoms. The zero-order valence-corrected chi connectivity index (χ0v) is 12.4. The lowest BCUT2D eigenvalue weighted by atomic mass is 10.1. The molecule has 0 fully saturated rings. The first-order valence-electron chi connectivity index (χ1n) is 7.81. The highest BCUT2D eigenvalue weighted by atomic mass is 16.5. The third kappa shape index (κ3) is 4.19. The number of carbonyl (C=O) groups is 2. The molecule has 0 aliphatic rings. The molecule has 114 valence electrons. The van der Waals surface area contributed by atoms with Crippen molar-refractivity contribution in [2.75, 3.05) is 0 Å². The van der Waals surface area contributed by atoms with Crippen LogP contribution in [-0.2, 0) is 22.5 Å². The number of aliphatic carboxylic acids is 1. The highest BCUT2D eigenvalue weighted by Gasteiger charge is 2.10. The van der Waals surface area contributed by atoms with Gasteiger partial charge >= 0.3 is 11.9 Å². The first-order valence-corrected chi connectivity index (χ1v) is 6.81. The minimum Gasteiger partial charge on any atom is -0.481 e. The summed E-state index contributed by atoms with van der Waals surface area (Å²) in [5.41, 5.74) is 2.72. The molecule has 4 heteroatoms. The van der Waals surface area contributed by atoms with Gasteiger partial charge in [0.2, 0.25) is 0 Å². The molecule has 0 aliphatic heterocycles. The molecule has 0 heterocycles. The van der Waals surface area contributed by atoms with Gasteiger partial charge in [-0.3, -0.25) is 4.79 Å². The molecule has 0 aliphatic carbocycles. The Labute approximate surface area is 132 Å². The Bertz CT molecular complexity index is 767. The Hall–Kier alpha value is -2.62. The van der Waals surface area contributed by atoms with E-state index < -0.39 is 18.5 Å². The molecule has 0 saturated heterocycles. The molecule has 4 nitrogen and oxygen atoms in total. The molecular formula is C18H18O4. The average Bonchev–Trinajstić information content (AvgIpc) is 2.46. The van der Waals surface area contributed by atoms with Crippen molar-refractivity contribution >= 4 is 11.9 Å². The SMILES string of the molecule is [2H]C([2H])(OC(=O)c1ccc(C)cc1C)c1ccc(CC(=O)O)cc1. The maximum Gasteiger partial charge on any atom is 0.338 e. The highest BCUT2D eigenvalue weighted by molar-refractivity contribution is 5.91. The molecule has 0 saturated carbocycles. The molecule has 0 bridgehead atoms. The third-order valence-corrected chi connectivity index (χ3v) is 3.17. The van der Waals surface area contributed by atoms with Crippen LogP contribution in [0.3, 0.4) is 0 Å². The lowest BCUT2D eigenvalue weighted by Crippen LogP contribution is -2.07. The number of carbonyl (C=O) groups excluding carboxylic acids is 1. The van der Waals surface area contributed by atoms with Gasteiger partial charge in [-0.2, -0.15) is 0 Å². The van der Waals surface area contributed by atoms with Crippen molar-refractivity contribution in [3.8, 4) is 0 Å². The Morgan fingerprint density at radius 2 is 1.73 bits per heavy atom. The molecule has 2 rings (SSSR count). The summed E-state index contributed by atoms with van der Waals surface area (Å²) in [4.78, 5) is 22.9. The summed E-state index contributed by atoms with van der Waals surface area (Å²) < 4.78 is 21.0. The van der Waals surface area contributed by atoms with Gasteiger partial charge in [-0.15, -0.1) is 0 Å². The number of aryl methyl sites for hydroxylation is 2. The fourth-order valence-electron chi connectivity index (χ4n) is 2.07. The normalized spacial score (nSPS) is 12.3. The van der Waals surface area contributed by atoms with Crippen LogP contribution in [-0.4, -0.2) is 17.0 Å². The van der Waals surface area contributed by atoms with Crippen LogP contribution in [0.5, 0.6) is 0 Å². The van der Waals surface area contributed by atoms with Crippen LogP contribution in [0.1, 0.15) is 35.4 Å². The van der Waals surface area contributed by atoms with Crippen LogP contribution >= 0.6 is 0 Å². The van der Waals surface area contributed by atoms with Crippen LogP contribution < -0.4 is 0 Å². The molecule has 1 N–H and O–H groups in total. The Balaban J connectivity index is 2.17. The number of carboxylic acids is 1. The summed E-state index contributed by atoms with van der Waals surface area (Å²) in [6.07, 6.45) is -0.147. The largest absolute Gasteiger partial charge is 0.481 e. The van der Waals surface area contributed by atoms with Gasteiger partial charge in [-0.25, -0.2) is 4.79 Å². The molecule has 0 radical (unpaired) electrons. The standard InChI is InChI=1S/C18H18O4/c1-12-3-8-16(13(2)9-12)18(21)22-11-15-6-4-14(5-7-15)10-17(19)20/h3-9H,10-11H2,1-2H3,(H,19,20)/i11D2. The quantitative estimate of drug-likeness (QED) is 0.861. The van der Waals surface area contributed by atoms with Crippen LogP contribution in [0.2, 0.25) is 0 Å². The maximum atomic E-state index is 12.2. The Morgan fingerprint density at radius 3 is 2.32 bits per heavy atom. The number of esters is 1. The van der Waals surface area contributed by atoms with Gasteiger partial charge in [0.1, 0.15) is 6.56 Å². The highest BCUT2D eigenvalue weighted by Crippen LogP contribution is 2.13. The van der Waals surface area contributed by atoms with E-state index in [1.54, 1.807) is 19.1 Å². The molecule has 0 aromatic heterocycles. The monoisotopic (exact) mass is 300 g/mol. The predicted octanol–water partition coefficient (Wildman–Crippen LogP) is 3.29. The van der Waals surface area contributed by atoms with E-state index in [4.69, 9.17) is 12.6 Å². The summed E-state index contributed by atoms with van der Waals surface area (Å²) in [7, 11) is 0. The molecule has 0 atom stereocenters. The molecule has 2 aromatic carbocycles. The summed E-state index contributed by atoms with van der Waals surface area (Å²) in [6, 6.07) is 11.1. The third-order valence-electron chi connectivity index (χ3n) is 3.17. The van der Waals surface area contributed by atoms with E-state index in [1.807, 2.05) is 13.0 Å². The van der Waals surface area contributed by atoms with Crippen molar-refractivity contribution in [2.45, 2.75) is 26.8 Å². The van der Waals surface area contributed by atoms with Gasteiger partial charge < -0.3 is 9.84 Å². The zero-order valence-electron chi connectivity index (χ0n) is 14.4. The topological polar surface area (TPSA) is 63.6 Å². The lowest BCUT2D eigenvalue weighted by molar-refractivity contribution is -0.136. The number of hydrogen-bond acceptors (Lipinski definition) is 3. The fraction of sp³-hybridized carbons (Fsp3) is 0.222. The second-order valence-corrected chi connectivity index (χ2v) is 5.08. The van der Waals surface area contributed by atoms with Crippen molar-refractivity contribution in [1.29, 1.82) is 0 Å². The van der Waals surface area contributed by atoms with Crippen LogP contribution in [0.15, 0.2) is 42.5 Å². The van der Waals surface area contributed by atoms with Crippen molar-refractivity contribution in [3.63, 3.8) is 0 Å². The number of benzene rings is 2. The first-order chi connectivity index (χ1) is 11.2. The van der Waals surface area contributed by atoms with Crippen LogP contribution in [0.25, 0.3) is 0 Å². The van der Waals surface area contributed by atoms with Crippen molar-refractivity contribution in [2.24, 2.45) is 0 Å². The van der Waals surface area contributed by atoms with Gasteiger partial charge in [0.15, 0.2) is 0 Å². The molecule has 2 aromatic rings. The Kier molecular flexibility index (Phi) is 4.10. The Morgan fingerprint density at radius 1 is 1.09 bits per heavy atom. The van der Waals surface area contributed by atoms with E-state index in [1.165, 1.54) is 24.3 Å². The minimum atomic E-state index is -2.31. The summed E-state index contributed by atoms with van der Waals surface area (Å²) in [5, 5.41) is 8.74. The van der Waals surface area contributed by atoms with E-state index in [9.17, 15) is 9.59 Å². The number of hydrogen-bond donors (Lipinski definition) is 1. The average molecular weight is 300 g/mol. The van der Waals surface area contributed by atoms with Crippen molar-refractivity contribution in [3.05, 3.63) is 70.3 Å². The van der Waals surface area contributed by atoms with E-state index >= 15 is 0 Å². The van der Waals surface area contributed by atoms with E-state index in [-0.39, 0.29) is 12.0 Å². The predicted molar refractivity (Wildman–Crippen MR) is 82.8 cm³/mol. The van der Waals surface area contributed by atoms with Crippen molar-refractivity contribution < 1.29 is 22.2 Å². The fourth-order valence-corrected chi connectivity index (χ4v) is 2.07. The molecule has 0 unspecified atom stereocenters. The van der Waals surface area contributed by atoms with E-state index in [2.05, 4.69) is 0 Å². The minimum absolute atomic E-state index is 0.147. The zero-order chi connectivity index (χ0) is 17.9. The number of carboxylic acid groups (broad SMARTS) is 1. The second-order valence-electron chi connectivity index (χ2n) is 5.08. The number of ether oxygens (including phenoxy) is 1. The second kappa shape index (κ2) is 6.89.